The van der Waals surface area contributed by atoms with Crippen LogP contribution in [-0.2, 0) is 15.6 Å². The molecule has 0 unspecified atom stereocenters. The van der Waals surface area contributed by atoms with Gasteiger partial charge < -0.3 is 14.4 Å². The number of sulfone groups is 1. The minimum Gasteiger partial charge on any atom is -0.495 e. The molecule has 9 heteroatoms. The summed E-state index contributed by atoms with van der Waals surface area (Å²) in [5.41, 5.74) is 0.487. The van der Waals surface area contributed by atoms with Crippen molar-refractivity contribution in [2.24, 2.45) is 0 Å². The van der Waals surface area contributed by atoms with Gasteiger partial charge >= 0.3 is 0 Å². The van der Waals surface area contributed by atoms with Crippen LogP contribution in [0, 0.1) is 5.82 Å². The molecule has 1 amide bonds. The first-order chi connectivity index (χ1) is 12.7. The van der Waals surface area contributed by atoms with Gasteiger partial charge in [0.2, 0.25) is 5.88 Å². The van der Waals surface area contributed by atoms with Gasteiger partial charge in [-0.3, -0.25) is 4.79 Å². The van der Waals surface area contributed by atoms with Crippen LogP contribution in [0.4, 0.5) is 4.39 Å². The van der Waals surface area contributed by atoms with E-state index >= 15 is 0 Å². The van der Waals surface area contributed by atoms with Crippen molar-refractivity contribution in [1.82, 2.24) is 9.88 Å². The van der Waals surface area contributed by atoms with E-state index in [4.69, 9.17) is 9.47 Å². The number of fused-ring (bicyclic) bond motifs is 1. The summed E-state index contributed by atoms with van der Waals surface area (Å²) in [4.78, 5) is 17.9. The maximum atomic E-state index is 13.6. The third-order valence-corrected chi connectivity index (χ3v) is 6.10. The second kappa shape index (κ2) is 7.15. The van der Waals surface area contributed by atoms with Crippen LogP contribution in [0.5, 0.6) is 11.6 Å². The lowest BCUT2D eigenvalue weighted by molar-refractivity contribution is 0.0732. The predicted molar refractivity (Wildman–Crippen MR) is 95.1 cm³/mol. The number of carbonyl (C=O) groups is 1. The maximum absolute atomic E-state index is 13.6. The van der Waals surface area contributed by atoms with E-state index in [0.717, 1.165) is 12.1 Å². The molecule has 27 heavy (non-hydrogen) atoms. The number of nitrogens with zero attached hydrogens (tertiary/aromatic N) is 2. The molecule has 7 nitrogen and oxygen atoms in total. The molecule has 0 spiro atoms. The Morgan fingerprint density at radius 3 is 2.81 bits per heavy atom. The maximum Gasteiger partial charge on any atom is 0.259 e. The molecule has 0 saturated heterocycles. The smallest absolute Gasteiger partial charge is 0.259 e. The number of carbonyl (C=O) groups excluding carboxylic acids is 1. The molecule has 0 radical (unpaired) electrons. The van der Waals surface area contributed by atoms with Gasteiger partial charge in [-0.15, -0.1) is 0 Å². The van der Waals surface area contributed by atoms with Crippen molar-refractivity contribution in [3.63, 3.8) is 0 Å². The molecule has 0 fully saturated rings. The van der Waals surface area contributed by atoms with Crippen molar-refractivity contribution in [2.75, 3.05) is 20.8 Å². The molecule has 1 aromatic carbocycles. The van der Waals surface area contributed by atoms with E-state index in [1.807, 2.05) is 6.92 Å². The number of amides is 1. The van der Waals surface area contributed by atoms with Crippen molar-refractivity contribution < 1.29 is 27.1 Å². The van der Waals surface area contributed by atoms with Gasteiger partial charge in [0.15, 0.2) is 9.84 Å². The van der Waals surface area contributed by atoms with Crippen molar-refractivity contribution in [2.45, 2.75) is 23.6 Å². The number of aromatic nitrogens is 1. The Kier molecular flexibility index (Phi) is 5.05. The summed E-state index contributed by atoms with van der Waals surface area (Å²) in [6, 6.07) is 4.59. The Balaban J connectivity index is 1.98. The second-order valence-electron chi connectivity index (χ2n) is 6.33. The van der Waals surface area contributed by atoms with Gasteiger partial charge in [-0.1, -0.05) is 0 Å². The predicted octanol–water partition coefficient (Wildman–Crippen LogP) is 2.06. The quantitative estimate of drug-likeness (QED) is 0.789. The van der Waals surface area contributed by atoms with Crippen LogP contribution in [0.25, 0.3) is 0 Å². The summed E-state index contributed by atoms with van der Waals surface area (Å²) >= 11 is 0. The Morgan fingerprint density at radius 2 is 2.11 bits per heavy atom. The number of hydrogen-bond donors (Lipinski definition) is 0. The molecule has 144 valence electrons. The van der Waals surface area contributed by atoms with Crippen molar-refractivity contribution in [3.05, 3.63) is 47.4 Å². The number of ether oxygens (including phenoxy) is 2. The highest BCUT2D eigenvalue weighted by Gasteiger charge is 2.28. The summed E-state index contributed by atoms with van der Waals surface area (Å²) in [5.74, 6) is -1.23. The van der Waals surface area contributed by atoms with Crippen LogP contribution in [-0.4, -0.2) is 51.0 Å². The molecule has 0 saturated carbocycles. The number of hydrogen-bond acceptors (Lipinski definition) is 6. The summed E-state index contributed by atoms with van der Waals surface area (Å²) in [5, 5.41) is 0. The van der Waals surface area contributed by atoms with E-state index < -0.39 is 21.4 Å². The van der Waals surface area contributed by atoms with Gasteiger partial charge in [-0.25, -0.2) is 17.8 Å². The SMILES string of the molecule is COc1ccc(F)cc1S(=O)(=O)Cc1cnc2c(c1)C(=O)N(C)[C@H](C)CO2. The fourth-order valence-electron chi connectivity index (χ4n) is 2.73. The number of benzene rings is 1. The molecule has 1 aliphatic heterocycles. The van der Waals surface area contributed by atoms with Gasteiger partial charge in [-0.05, 0) is 36.8 Å². The van der Waals surface area contributed by atoms with Gasteiger partial charge in [-0.2, -0.15) is 0 Å². The first kappa shape index (κ1) is 19.1. The topological polar surface area (TPSA) is 85.8 Å². The average Bonchev–Trinajstić information content (AvgIpc) is 2.74. The lowest BCUT2D eigenvalue weighted by atomic mass is 10.2. The molecule has 0 N–H and O–H groups in total. The van der Waals surface area contributed by atoms with E-state index in [1.165, 1.54) is 30.3 Å². The number of methoxy groups -OCH3 is 1. The molecule has 2 heterocycles. The monoisotopic (exact) mass is 394 g/mol. The van der Waals surface area contributed by atoms with Crippen molar-refractivity contribution in [3.8, 4) is 11.6 Å². The lowest BCUT2D eigenvalue weighted by Crippen LogP contribution is -2.36. The summed E-state index contributed by atoms with van der Waals surface area (Å²) in [7, 11) is -0.973. The number of pyridine rings is 1. The zero-order valence-corrected chi connectivity index (χ0v) is 15.9. The Hall–Kier alpha value is -2.68. The molecule has 1 atom stereocenters. The summed E-state index contributed by atoms with van der Waals surface area (Å²) in [6.45, 7) is 2.13. The zero-order valence-electron chi connectivity index (χ0n) is 15.1. The van der Waals surface area contributed by atoms with Crippen LogP contribution in [0.15, 0.2) is 35.4 Å². The highest BCUT2D eigenvalue weighted by molar-refractivity contribution is 7.90. The van der Waals surface area contributed by atoms with Crippen LogP contribution < -0.4 is 9.47 Å². The molecule has 3 rings (SSSR count). The Morgan fingerprint density at radius 1 is 1.37 bits per heavy atom. The molecule has 1 aliphatic rings. The minimum atomic E-state index is -3.93. The highest BCUT2D eigenvalue weighted by Crippen LogP contribution is 2.29. The van der Waals surface area contributed by atoms with Crippen molar-refractivity contribution in [1.29, 1.82) is 0 Å². The standard InChI is InChI=1S/C18H19FN2O5S/c1-11-9-26-17-14(18(22)21(11)2)6-12(8-20-17)10-27(23,24)16-7-13(19)4-5-15(16)25-3/h4-8,11H,9-10H2,1-3H3/t11-/m1/s1. The second-order valence-corrected chi connectivity index (χ2v) is 8.28. The van der Waals surface area contributed by atoms with E-state index in [9.17, 15) is 17.6 Å². The van der Waals surface area contributed by atoms with Gasteiger partial charge in [0.05, 0.1) is 18.9 Å². The Bertz CT molecular complexity index is 993. The fourth-order valence-corrected chi connectivity index (χ4v) is 4.24. The van der Waals surface area contributed by atoms with Crippen LogP contribution >= 0.6 is 0 Å². The van der Waals surface area contributed by atoms with Gasteiger partial charge in [0, 0.05) is 13.2 Å². The largest absolute Gasteiger partial charge is 0.495 e. The first-order valence-electron chi connectivity index (χ1n) is 8.18. The van der Waals surface area contributed by atoms with E-state index in [1.54, 1.807) is 7.05 Å². The average molecular weight is 394 g/mol. The van der Waals surface area contributed by atoms with E-state index in [0.29, 0.717) is 12.2 Å². The van der Waals surface area contributed by atoms with E-state index in [2.05, 4.69) is 4.98 Å². The van der Waals surface area contributed by atoms with Crippen molar-refractivity contribution >= 4 is 15.7 Å². The molecular weight excluding hydrogens is 375 g/mol. The molecule has 0 bridgehead atoms. The van der Waals surface area contributed by atoms with E-state index in [-0.39, 0.29) is 34.0 Å². The normalized spacial score (nSPS) is 17.1. The molecule has 0 aliphatic carbocycles. The Labute approximate surface area is 156 Å². The first-order valence-corrected chi connectivity index (χ1v) is 9.83. The summed E-state index contributed by atoms with van der Waals surface area (Å²) in [6.07, 6.45) is 1.34. The minimum absolute atomic E-state index is 0.0482. The van der Waals surface area contributed by atoms with Crippen LogP contribution in [0.3, 0.4) is 0 Å². The number of likely N-dealkylation sites (N-methyl/N-ethyl adjacent to an activating group) is 1. The third kappa shape index (κ3) is 3.73. The van der Waals surface area contributed by atoms with Gasteiger partial charge in [0.1, 0.15) is 28.6 Å². The fraction of sp³-hybridized carbons (Fsp3) is 0.333. The lowest BCUT2D eigenvalue weighted by Gasteiger charge is -2.20. The molecular formula is C18H19FN2O5S. The van der Waals surface area contributed by atoms with Gasteiger partial charge in [0.25, 0.3) is 5.91 Å². The highest BCUT2D eigenvalue weighted by atomic mass is 32.2. The van der Waals surface area contributed by atoms with Crippen LogP contribution in [0.1, 0.15) is 22.8 Å². The van der Waals surface area contributed by atoms with Crippen LogP contribution in [0.2, 0.25) is 0 Å². The summed E-state index contributed by atoms with van der Waals surface area (Å²) < 4.78 is 49.7. The number of rotatable bonds is 4. The molecule has 1 aromatic heterocycles. The zero-order chi connectivity index (χ0) is 19.8. The third-order valence-electron chi connectivity index (χ3n) is 4.40. The number of halogens is 1. The molecule has 2 aromatic rings.